The second kappa shape index (κ2) is 16.9. The maximum absolute atomic E-state index is 13.6. The third-order valence-corrected chi connectivity index (χ3v) is 12.3. The number of ether oxygens (including phenoxy) is 5. The SMILES string of the molecule is COc1ccc(OC(=O)[C@H]2CC[C@H](C(=O)Oc3ccc(OC(=O)[C@H]4CC[C@H](C(=O)Oc5ccc(O)cc5)CC4)c4nc(-c5cc6c(C)cc(C)cc6o5)sc34)CC2)cc1. The number of methoxy groups -OCH3 is 1. The highest BCUT2D eigenvalue weighted by molar-refractivity contribution is 7.22. The number of thiazole rings is 1. The summed E-state index contributed by atoms with van der Waals surface area (Å²) in [5, 5.41) is 11.0. The van der Waals surface area contributed by atoms with Gasteiger partial charge in [-0.2, -0.15) is 0 Å². The minimum atomic E-state index is -0.441. The van der Waals surface area contributed by atoms with Crippen molar-refractivity contribution < 1.29 is 52.4 Å². The molecular weight excluding hydrogens is 775 g/mol. The van der Waals surface area contributed by atoms with E-state index in [4.69, 9.17) is 33.1 Å². The summed E-state index contributed by atoms with van der Waals surface area (Å²) in [5.74, 6) is -0.568. The number of aromatic hydroxyl groups is 1. The Morgan fingerprint density at radius 2 is 1.10 bits per heavy atom. The van der Waals surface area contributed by atoms with E-state index in [-0.39, 0.29) is 41.0 Å². The van der Waals surface area contributed by atoms with Crippen molar-refractivity contribution in [2.75, 3.05) is 7.11 Å². The summed E-state index contributed by atoms with van der Waals surface area (Å²) in [6.07, 6.45) is 3.68. The minimum Gasteiger partial charge on any atom is -0.508 e. The highest BCUT2D eigenvalue weighted by Crippen LogP contribution is 2.43. The zero-order chi connectivity index (χ0) is 41.2. The fourth-order valence-electron chi connectivity index (χ4n) is 7.89. The first-order valence-electron chi connectivity index (χ1n) is 19.8. The first-order chi connectivity index (χ1) is 28.5. The normalized spacial score (nSPS) is 19.2. The molecule has 4 aromatic carbocycles. The molecule has 0 amide bonds. The van der Waals surface area contributed by atoms with Crippen molar-refractivity contribution in [3.05, 3.63) is 90.0 Å². The van der Waals surface area contributed by atoms with Crippen LogP contribution in [0.1, 0.15) is 62.5 Å². The van der Waals surface area contributed by atoms with Gasteiger partial charge in [0.2, 0.25) is 0 Å². The van der Waals surface area contributed by atoms with Gasteiger partial charge in [0.1, 0.15) is 38.8 Å². The van der Waals surface area contributed by atoms with E-state index in [1.807, 2.05) is 26.0 Å². The topological polar surface area (TPSA) is 161 Å². The molecule has 13 heteroatoms. The highest BCUT2D eigenvalue weighted by atomic mass is 32.1. The number of aromatic nitrogens is 1. The lowest BCUT2D eigenvalue weighted by Gasteiger charge is -2.26. The number of phenols is 1. The molecule has 6 aromatic rings. The maximum atomic E-state index is 13.6. The number of rotatable bonds is 10. The number of carbonyl (C=O) groups excluding carboxylic acids is 4. The molecule has 1 N–H and O–H groups in total. The third-order valence-electron chi connectivity index (χ3n) is 11.2. The van der Waals surface area contributed by atoms with Crippen LogP contribution in [0, 0.1) is 37.5 Å². The zero-order valence-electron chi connectivity index (χ0n) is 32.9. The Morgan fingerprint density at radius 1 is 0.627 bits per heavy atom. The minimum absolute atomic E-state index is 0.0758. The van der Waals surface area contributed by atoms with Gasteiger partial charge in [-0.15, -0.1) is 11.3 Å². The summed E-state index contributed by atoms with van der Waals surface area (Å²) in [6.45, 7) is 4.02. The second-order valence-electron chi connectivity index (χ2n) is 15.3. The number of hydrogen-bond acceptors (Lipinski definition) is 13. The summed E-state index contributed by atoms with van der Waals surface area (Å²) < 4.78 is 35.1. The van der Waals surface area contributed by atoms with Crippen molar-refractivity contribution in [1.29, 1.82) is 0 Å². The van der Waals surface area contributed by atoms with Gasteiger partial charge < -0.3 is 33.2 Å². The van der Waals surface area contributed by atoms with E-state index in [2.05, 4.69) is 6.07 Å². The van der Waals surface area contributed by atoms with E-state index >= 15 is 0 Å². The molecule has 8 rings (SSSR count). The lowest BCUT2D eigenvalue weighted by atomic mass is 9.82. The van der Waals surface area contributed by atoms with Crippen molar-refractivity contribution in [3.63, 3.8) is 0 Å². The molecule has 0 radical (unpaired) electrons. The van der Waals surface area contributed by atoms with Crippen molar-refractivity contribution in [1.82, 2.24) is 4.98 Å². The van der Waals surface area contributed by atoms with E-state index in [1.54, 1.807) is 43.5 Å². The molecule has 0 atom stereocenters. The fourth-order valence-corrected chi connectivity index (χ4v) is 8.88. The first-order valence-corrected chi connectivity index (χ1v) is 20.6. The van der Waals surface area contributed by atoms with Gasteiger partial charge in [-0.3, -0.25) is 19.2 Å². The quantitative estimate of drug-likeness (QED) is 0.103. The van der Waals surface area contributed by atoms with Crippen LogP contribution in [0.25, 0.3) is 32.0 Å². The van der Waals surface area contributed by atoms with E-state index in [0.29, 0.717) is 89.6 Å². The summed E-state index contributed by atoms with van der Waals surface area (Å²) in [4.78, 5) is 57.9. The molecule has 2 aromatic heterocycles. The number of furan rings is 1. The Morgan fingerprint density at radius 3 is 1.64 bits per heavy atom. The summed E-state index contributed by atoms with van der Waals surface area (Å²) in [6, 6.07) is 22.0. The van der Waals surface area contributed by atoms with Gasteiger partial charge in [0.15, 0.2) is 22.3 Å². The van der Waals surface area contributed by atoms with Crippen LogP contribution in [-0.4, -0.2) is 41.1 Å². The Kier molecular flexibility index (Phi) is 11.4. The molecule has 0 aliphatic heterocycles. The molecule has 2 saturated carbocycles. The molecule has 0 bridgehead atoms. The number of aryl methyl sites for hydroxylation is 2. The molecule has 2 fully saturated rings. The van der Waals surface area contributed by atoms with Crippen LogP contribution in [-0.2, 0) is 19.2 Å². The van der Waals surface area contributed by atoms with Gasteiger partial charge in [-0.05, 0) is 149 Å². The molecule has 2 heterocycles. The van der Waals surface area contributed by atoms with Crippen LogP contribution < -0.4 is 23.7 Å². The van der Waals surface area contributed by atoms with E-state index in [9.17, 15) is 24.3 Å². The number of hydrogen-bond donors (Lipinski definition) is 1. The van der Waals surface area contributed by atoms with Crippen LogP contribution in [0.5, 0.6) is 34.5 Å². The Bertz CT molecular complexity index is 2520. The van der Waals surface area contributed by atoms with E-state index in [1.165, 1.54) is 35.6 Å². The first kappa shape index (κ1) is 39.6. The lowest BCUT2D eigenvalue weighted by molar-refractivity contribution is -0.145. The van der Waals surface area contributed by atoms with Crippen LogP contribution in [0.15, 0.2) is 83.3 Å². The number of carbonyl (C=O) groups is 4. The van der Waals surface area contributed by atoms with Crippen LogP contribution in [0.4, 0.5) is 0 Å². The molecule has 304 valence electrons. The van der Waals surface area contributed by atoms with Crippen molar-refractivity contribution >= 4 is 56.4 Å². The van der Waals surface area contributed by atoms with Gasteiger partial charge in [-0.1, -0.05) is 6.07 Å². The summed E-state index contributed by atoms with van der Waals surface area (Å²) in [7, 11) is 1.57. The van der Waals surface area contributed by atoms with E-state index < -0.39 is 23.8 Å². The Hall–Kier alpha value is -6.21. The number of benzene rings is 4. The molecule has 0 unspecified atom stereocenters. The monoisotopic (exact) mass is 817 g/mol. The van der Waals surface area contributed by atoms with Crippen molar-refractivity contribution in [3.8, 4) is 45.3 Å². The summed E-state index contributed by atoms with van der Waals surface area (Å²) in [5.41, 5.74) is 3.21. The fraction of sp³-hybridized carbons (Fsp3) is 0.326. The maximum Gasteiger partial charge on any atom is 0.314 e. The van der Waals surface area contributed by atoms with Gasteiger partial charge in [0.05, 0.1) is 30.8 Å². The Labute approximate surface area is 344 Å². The molecule has 0 saturated heterocycles. The average Bonchev–Trinajstić information content (AvgIpc) is 3.89. The molecule has 59 heavy (non-hydrogen) atoms. The molecule has 2 aliphatic carbocycles. The largest absolute Gasteiger partial charge is 0.508 e. The van der Waals surface area contributed by atoms with Gasteiger partial charge >= 0.3 is 23.9 Å². The molecule has 2 aliphatic rings. The van der Waals surface area contributed by atoms with Crippen LogP contribution in [0.2, 0.25) is 0 Å². The smallest absolute Gasteiger partial charge is 0.314 e. The highest BCUT2D eigenvalue weighted by Gasteiger charge is 2.35. The lowest BCUT2D eigenvalue weighted by Crippen LogP contribution is -2.30. The number of esters is 4. The number of phenolic OH excluding ortho intramolecular Hbond substituents is 1. The average molecular weight is 818 g/mol. The third kappa shape index (κ3) is 8.80. The summed E-state index contributed by atoms with van der Waals surface area (Å²) >= 11 is 1.27. The predicted molar refractivity (Wildman–Crippen MR) is 219 cm³/mol. The predicted octanol–water partition coefficient (Wildman–Crippen LogP) is 9.68. The molecule has 12 nitrogen and oxygen atoms in total. The number of nitrogens with zero attached hydrogens (tertiary/aromatic N) is 1. The number of fused-ring (bicyclic) bond motifs is 2. The van der Waals surface area contributed by atoms with E-state index in [0.717, 1.165) is 22.1 Å². The van der Waals surface area contributed by atoms with Gasteiger partial charge in [0, 0.05) is 5.39 Å². The van der Waals surface area contributed by atoms with Crippen molar-refractivity contribution in [2.24, 2.45) is 23.7 Å². The van der Waals surface area contributed by atoms with Gasteiger partial charge in [-0.25, -0.2) is 4.98 Å². The zero-order valence-corrected chi connectivity index (χ0v) is 33.7. The second-order valence-corrected chi connectivity index (χ2v) is 16.3. The van der Waals surface area contributed by atoms with Gasteiger partial charge in [0.25, 0.3) is 0 Å². The standard InChI is InChI=1S/C46H43NO11S/c1-25-22-26(2)35-24-39(56-38(35)23-25)42-47-40-36(57-45(51)29-8-4-27(5-9-29)43(49)54-33-14-12-31(48)13-15-33)20-21-37(41(40)59-42)58-46(52)30-10-6-28(7-11-30)44(50)55-34-18-16-32(53-3)17-19-34/h12-24,27-30,48H,4-11H2,1-3H3/t27-,28-,29-,30-. The Balaban J connectivity index is 0.967. The van der Waals surface area contributed by atoms with Crippen LogP contribution >= 0.6 is 11.3 Å². The molecular formula is C46H43NO11S. The molecule has 0 spiro atoms. The van der Waals surface area contributed by atoms with Crippen molar-refractivity contribution in [2.45, 2.75) is 65.2 Å². The van der Waals surface area contributed by atoms with Crippen LogP contribution in [0.3, 0.4) is 0 Å².